The number of hydrogen-bond acceptors (Lipinski definition) is 6. The topological polar surface area (TPSA) is 96.4 Å². The molecule has 0 fully saturated rings. The van der Waals surface area contributed by atoms with Gasteiger partial charge in [0.15, 0.2) is 5.78 Å². The lowest BCUT2D eigenvalue weighted by Crippen LogP contribution is -2.22. The van der Waals surface area contributed by atoms with Gasteiger partial charge < -0.3 is 5.32 Å². The predicted molar refractivity (Wildman–Crippen MR) is 123 cm³/mol. The number of benzene rings is 2. The van der Waals surface area contributed by atoms with E-state index in [9.17, 15) is 18.0 Å². The van der Waals surface area contributed by atoms with Crippen LogP contribution < -0.4 is 5.32 Å². The summed E-state index contributed by atoms with van der Waals surface area (Å²) in [6.07, 6.45) is 0. The summed E-state index contributed by atoms with van der Waals surface area (Å²) in [5.74, 6) is -0.0513. The van der Waals surface area contributed by atoms with Gasteiger partial charge in [-0.25, -0.2) is 17.7 Å². The number of aromatic nitrogens is 1. The number of aryl methyl sites for hydroxylation is 1. The number of pyridine rings is 1. The van der Waals surface area contributed by atoms with Gasteiger partial charge in [0.1, 0.15) is 0 Å². The van der Waals surface area contributed by atoms with Crippen LogP contribution in [0.5, 0.6) is 0 Å². The summed E-state index contributed by atoms with van der Waals surface area (Å²) in [7, 11) is -0.539. The highest BCUT2D eigenvalue weighted by Gasteiger charge is 2.18. The molecule has 1 heterocycles. The van der Waals surface area contributed by atoms with Crippen LogP contribution >= 0.6 is 11.8 Å². The first-order valence-electron chi connectivity index (χ1n) is 9.45. The molecule has 1 amide bonds. The SMILES string of the molecule is CC(=O)c1ccc(NC(=O)CSc2cc(C)c3cc(S(=O)(=O)N(C)C)ccc3n2)cc1. The number of hydrogen-bond donors (Lipinski definition) is 1. The van der Waals surface area contributed by atoms with Crippen LogP contribution in [0.3, 0.4) is 0 Å². The van der Waals surface area contributed by atoms with Crippen molar-refractivity contribution in [3.63, 3.8) is 0 Å². The number of amides is 1. The third kappa shape index (κ3) is 5.30. The number of rotatable bonds is 7. The Kier molecular flexibility index (Phi) is 6.78. The molecule has 7 nitrogen and oxygen atoms in total. The zero-order chi connectivity index (χ0) is 22.8. The summed E-state index contributed by atoms with van der Waals surface area (Å²) in [4.78, 5) is 28.4. The number of fused-ring (bicyclic) bond motifs is 1. The Labute approximate surface area is 185 Å². The number of nitrogens with zero attached hydrogens (tertiary/aromatic N) is 2. The van der Waals surface area contributed by atoms with E-state index in [1.54, 1.807) is 36.4 Å². The van der Waals surface area contributed by atoms with Crippen molar-refractivity contribution < 1.29 is 18.0 Å². The number of ketones is 1. The normalized spacial score (nSPS) is 11.6. The average molecular weight is 458 g/mol. The highest BCUT2D eigenvalue weighted by atomic mass is 32.2. The maximum absolute atomic E-state index is 12.4. The molecule has 0 aliphatic carbocycles. The summed E-state index contributed by atoms with van der Waals surface area (Å²) in [5, 5.41) is 4.22. The third-order valence-electron chi connectivity index (χ3n) is 4.67. The van der Waals surface area contributed by atoms with Crippen molar-refractivity contribution in [2.24, 2.45) is 0 Å². The van der Waals surface area contributed by atoms with Crippen molar-refractivity contribution in [2.45, 2.75) is 23.8 Å². The van der Waals surface area contributed by atoms with Gasteiger partial charge in [-0.3, -0.25) is 9.59 Å². The molecule has 0 bridgehead atoms. The van der Waals surface area contributed by atoms with Crippen molar-refractivity contribution in [3.8, 4) is 0 Å². The quantitative estimate of drug-likeness (QED) is 0.429. The average Bonchev–Trinajstić information content (AvgIpc) is 2.72. The third-order valence-corrected chi connectivity index (χ3v) is 7.39. The van der Waals surface area contributed by atoms with Crippen LogP contribution in [-0.2, 0) is 14.8 Å². The molecule has 1 N–H and O–H groups in total. The van der Waals surface area contributed by atoms with Gasteiger partial charge in [-0.1, -0.05) is 11.8 Å². The van der Waals surface area contributed by atoms with E-state index in [1.807, 2.05) is 13.0 Å². The van der Waals surface area contributed by atoms with E-state index in [1.165, 1.54) is 43.2 Å². The van der Waals surface area contributed by atoms with E-state index in [0.717, 1.165) is 10.9 Å². The van der Waals surface area contributed by atoms with Crippen LogP contribution in [0.25, 0.3) is 10.9 Å². The van der Waals surface area contributed by atoms with Crippen LogP contribution in [-0.4, -0.2) is 49.2 Å². The molecule has 9 heteroatoms. The Bertz CT molecular complexity index is 1250. The molecule has 0 atom stereocenters. The minimum absolute atomic E-state index is 0.0300. The zero-order valence-electron chi connectivity index (χ0n) is 17.7. The smallest absolute Gasteiger partial charge is 0.242 e. The van der Waals surface area contributed by atoms with Crippen molar-refractivity contribution in [2.75, 3.05) is 25.2 Å². The zero-order valence-corrected chi connectivity index (χ0v) is 19.3. The Morgan fingerprint density at radius 2 is 1.74 bits per heavy atom. The van der Waals surface area contributed by atoms with E-state index in [2.05, 4.69) is 10.3 Å². The van der Waals surface area contributed by atoms with Crippen LogP contribution in [0, 0.1) is 6.92 Å². The molecule has 1 aromatic heterocycles. The molecule has 162 valence electrons. The highest BCUT2D eigenvalue weighted by molar-refractivity contribution is 7.99. The molecule has 0 radical (unpaired) electrons. The van der Waals surface area contributed by atoms with E-state index < -0.39 is 10.0 Å². The number of anilines is 1. The van der Waals surface area contributed by atoms with Gasteiger partial charge in [0.25, 0.3) is 0 Å². The standard InChI is InChI=1S/C22H23N3O4S2/c1-14-11-22(24-20-10-9-18(12-19(14)20)31(28,29)25(3)4)30-13-21(27)23-17-7-5-16(6-8-17)15(2)26/h5-12H,13H2,1-4H3,(H,23,27). The Morgan fingerprint density at radius 3 is 2.35 bits per heavy atom. The first-order chi connectivity index (χ1) is 14.6. The van der Waals surface area contributed by atoms with Crippen molar-refractivity contribution in [3.05, 3.63) is 59.7 Å². The Morgan fingerprint density at radius 1 is 1.06 bits per heavy atom. The first-order valence-corrected chi connectivity index (χ1v) is 11.9. The maximum Gasteiger partial charge on any atom is 0.242 e. The second kappa shape index (κ2) is 9.17. The van der Waals surface area contributed by atoms with Crippen molar-refractivity contribution in [1.29, 1.82) is 0 Å². The predicted octanol–water partition coefficient (Wildman–Crippen LogP) is 3.73. The van der Waals surface area contributed by atoms with Gasteiger partial charge in [-0.2, -0.15) is 0 Å². The van der Waals surface area contributed by atoms with Crippen LogP contribution in [0.2, 0.25) is 0 Å². The second-order valence-electron chi connectivity index (χ2n) is 7.21. The van der Waals surface area contributed by atoms with Crippen LogP contribution in [0.1, 0.15) is 22.8 Å². The van der Waals surface area contributed by atoms with Crippen LogP contribution in [0.15, 0.2) is 58.5 Å². The first kappa shape index (κ1) is 22.9. The van der Waals surface area contributed by atoms with Gasteiger partial charge in [0.2, 0.25) is 15.9 Å². The number of Topliss-reactive ketones (excluding diaryl/α,β-unsaturated/α-hetero) is 1. The monoisotopic (exact) mass is 457 g/mol. The van der Waals surface area contributed by atoms with E-state index in [0.29, 0.717) is 21.8 Å². The molecule has 0 saturated carbocycles. The lowest BCUT2D eigenvalue weighted by molar-refractivity contribution is -0.113. The fraction of sp³-hybridized carbons (Fsp3) is 0.227. The van der Waals surface area contributed by atoms with E-state index >= 15 is 0 Å². The summed E-state index contributed by atoms with van der Waals surface area (Å²) >= 11 is 1.30. The number of nitrogens with one attached hydrogen (secondary N) is 1. The fourth-order valence-electron chi connectivity index (χ4n) is 2.91. The second-order valence-corrected chi connectivity index (χ2v) is 10.4. The minimum atomic E-state index is -3.53. The van der Waals surface area contributed by atoms with Crippen molar-refractivity contribution >= 4 is 50.1 Å². The largest absolute Gasteiger partial charge is 0.325 e. The molecule has 0 aliphatic rings. The van der Waals surface area contributed by atoms with E-state index in [4.69, 9.17) is 0 Å². The minimum Gasteiger partial charge on any atom is -0.325 e. The molecule has 3 aromatic rings. The molecule has 0 unspecified atom stereocenters. The number of thioether (sulfide) groups is 1. The van der Waals surface area contributed by atoms with Gasteiger partial charge in [-0.15, -0.1) is 0 Å². The van der Waals surface area contributed by atoms with Crippen molar-refractivity contribution in [1.82, 2.24) is 9.29 Å². The summed E-state index contributed by atoms with van der Waals surface area (Å²) < 4.78 is 25.9. The van der Waals surface area contributed by atoms with E-state index in [-0.39, 0.29) is 22.3 Å². The molecular weight excluding hydrogens is 434 g/mol. The highest BCUT2D eigenvalue weighted by Crippen LogP contribution is 2.27. The Hall–Kier alpha value is -2.75. The summed E-state index contributed by atoms with van der Waals surface area (Å²) in [6.45, 7) is 3.38. The fourth-order valence-corrected chi connectivity index (χ4v) is 4.62. The molecule has 0 spiro atoms. The van der Waals surface area contributed by atoms with Gasteiger partial charge >= 0.3 is 0 Å². The van der Waals surface area contributed by atoms with Crippen LogP contribution in [0.4, 0.5) is 5.69 Å². The molecule has 3 rings (SSSR count). The lowest BCUT2D eigenvalue weighted by Gasteiger charge is -2.13. The van der Waals surface area contributed by atoms with Gasteiger partial charge in [0, 0.05) is 30.7 Å². The van der Waals surface area contributed by atoms with Gasteiger partial charge in [-0.05, 0) is 67.9 Å². The lowest BCUT2D eigenvalue weighted by atomic mass is 10.1. The molecule has 2 aromatic carbocycles. The molecule has 0 saturated heterocycles. The summed E-state index contributed by atoms with van der Waals surface area (Å²) in [5.41, 5.74) is 2.75. The number of sulfonamides is 1. The molecule has 31 heavy (non-hydrogen) atoms. The van der Waals surface area contributed by atoms with Gasteiger partial charge in [0.05, 0.1) is 21.2 Å². The number of carbonyl (C=O) groups is 2. The molecular formula is C22H23N3O4S2. The maximum atomic E-state index is 12.4. The molecule has 0 aliphatic heterocycles. The Balaban J connectivity index is 1.72. The number of carbonyl (C=O) groups excluding carboxylic acids is 2. The summed E-state index contributed by atoms with van der Waals surface area (Å²) in [6, 6.07) is 13.4.